The summed E-state index contributed by atoms with van der Waals surface area (Å²) in [7, 11) is 0. The Hall–Kier alpha value is -2.67. The van der Waals surface area contributed by atoms with E-state index in [0.717, 1.165) is 0 Å². The average Bonchev–Trinajstić information content (AvgIpc) is 2.59. The van der Waals surface area contributed by atoms with Crippen LogP contribution >= 0.6 is 0 Å². The van der Waals surface area contributed by atoms with Gasteiger partial charge >= 0.3 is 0 Å². The SMILES string of the molecule is C[C@H]1CN(c2ccc(CNC(=O)c3ccc[nH]c3=O)cc2F)C[C@H](C)O1. The summed E-state index contributed by atoms with van der Waals surface area (Å²) in [5.41, 5.74) is 0.728. The number of carbonyl (C=O) groups excluding carboxylic acids is 1. The smallest absolute Gasteiger partial charge is 0.260 e. The fraction of sp³-hybridized carbons (Fsp3) is 0.368. The van der Waals surface area contributed by atoms with Crippen LogP contribution in [0.3, 0.4) is 0 Å². The number of hydrogen-bond acceptors (Lipinski definition) is 4. The predicted molar refractivity (Wildman–Crippen MR) is 96.9 cm³/mol. The molecule has 138 valence electrons. The molecule has 7 heteroatoms. The number of H-pyrrole nitrogens is 1. The van der Waals surface area contributed by atoms with Gasteiger partial charge in [0.15, 0.2) is 0 Å². The molecule has 2 atom stereocenters. The summed E-state index contributed by atoms with van der Waals surface area (Å²) in [6.07, 6.45) is 1.54. The van der Waals surface area contributed by atoms with Gasteiger partial charge in [-0.25, -0.2) is 4.39 Å². The van der Waals surface area contributed by atoms with E-state index in [1.807, 2.05) is 18.7 Å². The first-order valence-corrected chi connectivity index (χ1v) is 8.59. The van der Waals surface area contributed by atoms with Crippen molar-refractivity contribution < 1.29 is 13.9 Å². The Morgan fingerprint density at radius 1 is 1.31 bits per heavy atom. The predicted octanol–water partition coefficient (Wildman–Crippen LogP) is 2.06. The average molecular weight is 359 g/mol. The van der Waals surface area contributed by atoms with Crippen molar-refractivity contribution in [2.24, 2.45) is 0 Å². The van der Waals surface area contributed by atoms with Gasteiger partial charge in [-0.15, -0.1) is 0 Å². The first-order valence-electron chi connectivity index (χ1n) is 8.59. The summed E-state index contributed by atoms with van der Waals surface area (Å²) in [5, 5.41) is 2.64. The summed E-state index contributed by atoms with van der Waals surface area (Å²) in [4.78, 5) is 28.1. The number of hydrogen-bond donors (Lipinski definition) is 2. The zero-order valence-corrected chi connectivity index (χ0v) is 14.8. The maximum Gasteiger partial charge on any atom is 0.260 e. The highest BCUT2D eigenvalue weighted by molar-refractivity contribution is 5.93. The molecule has 2 heterocycles. The lowest BCUT2D eigenvalue weighted by Crippen LogP contribution is -2.45. The third-order valence-electron chi connectivity index (χ3n) is 4.29. The van der Waals surface area contributed by atoms with Gasteiger partial charge in [0.05, 0.1) is 17.9 Å². The number of aromatic nitrogens is 1. The number of amides is 1. The minimum atomic E-state index is -0.493. The Bertz CT molecular complexity index is 842. The Balaban J connectivity index is 1.67. The van der Waals surface area contributed by atoms with Crippen LogP contribution in [0, 0.1) is 5.82 Å². The van der Waals surface area contributed by atoms with E-state index >= 15 is 0 Å². The molecule has 0 radical (unpaired) electrons. The highest BCUT2D eigenvalue weighted by atomic mass is 19.1. The van der Waals surface area contributed by atoms with Gasteiger partial charge < -0.3 is 19.9 Å². The van der Waals surface area contributed by atoms with Crippen LogP contribution in [0.4, 0.5) is 10.1 Å². The van der Waals surface area contributed by atoms with E-state index in [2.05, 4.69) is 10.3 Å². The zero-order chi connectivity index (χ0) is 18.7. The van der Waals surface area contributed by atoms with Crippen LogP contribution in [0.25, 0.3) is 0 Å². The lowest BCUT2D eigenvalue weighted by atomic mass is 10.1. The van der Waals surface area contributed by atoms with E-state index in [-0.39, 0.29) is 30.1 Å². The van der Waals surface area contributed by atoms with E-state index in [1.54, 1.807) is 18.2 Å². The molecule has 1 saturated heterocycles. The van der Waals surface area contributed by atoms with Crippen LogP contribution < -0.4 is 15.8 Å². The number of aromatic amines is 1. The van der Waals surface area contributed by atoms with Gasteiger partial charge in [-0.1, -0.05) is 6.07 Å². The molecule has 0 saturated carbocycles. The van der Waals surface area contributed by atoms with Crippen LogP contribution in [0.1, 0.15) is 29.8 Å². The molecule has 1 aromatic heterocycles. The molecular formula is C19H22FN3O3. The van der Waals surface area contributed by atoms with Crippen LogP contribution in [0.15, 0.2) is 41.3 Å². The first kappa shape index (κ1) is 18.1. The number of halogens is 1. The van der Waals surface area contributed by atoms with Gasteiger partial charge in [-0.2, -0.15) is 0 Å². The van der Waals surface area contributed by atoms with Crippen LogP contribution in [0.2, 0.25) is 0 Å². The summed E-state index contributed by atoms with van der Waals surface area (Å²) in [5.74, 6) is -0.831. The molecule has 1 fully saturated rings. The third-order valence-corrected chi connectivity index (χ3v) is 4.29. The molecule has 0 spiro atoms. The van der Waals surface area contributed by atoms with Crippen LogP contribution in [-0.2, 0) is 11.3 Å². The van der Waals surface area contributed by atoms with Gasteiger partial charge in [0.1, 0.15) is 11.4 Å². The highest BCUT2D eigenvalue weighted by Crippen LogP contribution is 2.24. The second-order valence-electron chi connectivity index (χ2n) is 6.54. The lowest BCUT2D eigenvalue weighted by Gasteiger charge is -2.37. The quantitative estimate of drug-likeness (QED) is 0.876. The highest BCUT2D eigenvalue weighted by Gasteiger charge is 2.24. The molecule has 6 nitrogen and oxygen atoms in total. The summed E-state index contributed by atoms with van der Waals surface area (Å²) in [6.45, 7) is 5.34. The molecular weight excluding hydrogens is 337 g/mol. The molecule has 0 bridgehead atoms. The number of pyridine rings is 1. The summed E-state index contributed by atoms with van der Waals surface area (Å²) in [6, 6.07) is 7.93. The van der Waals surface area contributed by atoms with E-state index in [0.29, 0.717) is 24.3 Å². The van der Waals surface area contributed by atoms with E-state index < -0.39 is 11.5 Å². The fourth-order valence-electron chi connectivity index (χ4n) is 3.17. The van der Waals surface area contributed by atoms with Gasteiger partial charge in [-0.05, 0) is 43.7 Å². The van der Waals surface area contributed by atoms with E-state index in [1.165, 1.54) is 18.3 Å². The Labute approximate surface area is 151 Å². The van der Waals surface area contributed by atoms with Gasteiger partial charge in [0, 0.05) is 25.8 Å². The Morgan fingerprint density at radius 2 is 2.04 bits per heavy atom. The van der Waals surface area contributed by atoms with Crippen molar-refractivity contribution in [2.45, 2.75) is 32.6 Å². The fourth-order valence-corrected chi connectivity index (χ4v) is 3.17. The number of nitrogens with one attached hydrogen (secondary N) is 2. The minimum Gasteiger partial charge on any atom is -0.372 e. The minimum absolute atomic E-state index is 0.0286. The molecule has 1 aliphatic heterocycles. The molecule has 1 aromatic carbocycles. The number of morpholine rings is 1. The maximum atomic E-state index is 14.6. The van der Waals surface area contributed by atoms with Crippen molar-refractivity contribution in [3.63, 3.8) is 0 Å². The molecule has 3 rings (SSSR count). The topological polar surface area (TPSA) is 74.4 Å². The maximum absolute atomic E-state index is 14.6. The van der Waals surface area contributed by atoms with E-state index in [4.69, 9.17) is 4.74 Å². The molecule has 1 aliphatic rings. The van der Waals surface area contributed by atoms with Crippen LogP contribution in [-0.4, -0.2) is 36.2 Å². The van der Waals surface area contributed by atoms with Crippen molar-refractivity contribution >= 4 is 11.6 Å². The second-order valence-corrected chi connectivity index (χ2v) is 6.54. The van der Waals surface area contributed by atoms with Crippen molar-refractivity contribution in [1.82, 2.24) is 10.3 Å². The molecule has 2 N–H and O–H groups in total. The summed E-state index contributed by atoms with van der Waals surface area (Å²) >= 11 is 0. The number of rotatable bonds is 4. The monoisotopic (exact) mass is 359 g/mol. The van der Waals surface area contributed by atoms with Gasteiger partial charge in [0.2, 0.25) is 0 Å². The summed E-state index contributed by atoms with van der Waals surface area (Å²) < 4.78 is 20.2. The largest absolute Gasteiger partial charge is 0.372 e. The normalized spacial score (nSPS) is 20.0. The standard InChI is InChI=1S/C19H22FN3O3/c1-12-10-23(11-13(2)26-12)17-6-5-14(8-16(17)20)9-22-19(25)15-4-3-7-21-18(15)24/h3-8,12-13H,9-11H2,1-2H3,(H,21,24)(H,22,25)/t12-,13-/m0/s1. The number of carbonyl (C=O) groups is 1. The van der Waals surface area contributed by atoms with Gasteiger partial charge in [0.25, 0.3) is 11.5 Å². The van der Waals surface area contributed by atoms with Gasteiger partial charge in [-0.3, -0.25) is 9.59 Å². The molecule has 1 amide bonds. The molecule has 0 aliphatic carbocycles. The zero-order valence-electron chi connectivity index (χ0n) is 14.8. The third kappa shape index (κ3) is 4.11. The van der Waals surface area contributed by atoms with Crippen molar-refractivity contribution in [3.05, 3.63) is 63.8 Å². The second kappa shape index (κ2) is 7.70. The number of benzene rings is 1. The van der Waals surface area contributed by atoms with Crippen molar-refractivity contribution in [1.29, 1.82) is 0 Å². The first-order chi connectivity index (χ1) is 12.4. The molecule has 2 aromatic rings. The number of ether oxygens (including phenoxy) is 1. The molecule has 0 unspecified atom stereocenters. The Kier molecular flexibility index (Phi) is 5.37. The van der Waals surface area contributed by atoms with Crippen molar-refractivity contribution in [3.8, 4) is 0 Å². The molecule has 26 heavy (non-hydrogen) atoms. The van der Waals surface area contributed by atoms with E-state index in [9.17, 15) is 14.0 Å². The lowest BCUT2D eigenvalue weighted by molar-refractivity contribution is -0.00539. The van der Waals surface area contributed by atoms with Crippen LogP contribution in [0.5, 0.6) is 0 Å². The Morgan fingerprint density at radius 3 is 2.69 bits per heavy atom. The number of anilines is 1. The number of nitrogens with zero attached hydrogens (tertiary/aromatic N) is 1. The van der Waals surface area contributed by atoms with Crippen molar-refractivity contribution in [2.75, 3.05) is 18.0 Å².